The Balaban J connectivity index is 1.39. The van der Waals surface area contributed by atoms with E-state index in [1.165, 1.54) is 0 Å². The second kappa shape index (κ2) is 9.73. The summed E-state index contributed by atoms with van der Waals surface area (Å²) in [6.07, 6.45) is 0.857. The molecule has 2 aromatic rings. The van der Waals surface area contributed by atoms with Crippen molar-refractivity contribution in [3.63, 3.8) is 0 Å². The lowest BCUT2D eigenvalue weighted by molar-refractivity contribution is -0.147. The Morgan fingerprint density at radius 1 is 1.00 bits per heavy atom. The molecule has 142 valence electrons. The van der Waals surface area contributed by atoms with Gasteiger partial charge in [0.25, 0.3) is 5.91 Å². The predicted molar refractivity (Wildman–Crippen MR) is 104 cm³/mol. The number of benzene rings is 2. The van der Waals surface area contributed by atoms with E-state index in [2.05, 4.69) is 10.2 Å². The van der Waals surface area contributed by atoms with Crippen LogP contribution in [0, 0.1) is 0 Å². The Hall–Kier alpha value is -2.86. The molecular formula is C21H24N2O4. The maximum atomic E-state index is 12.0. The summed E-state index contributed by atoms with van der Waals surface area (Å²) in [6, 6.07) is 17.3. The number of anilines is 2. The zero-order chi connectivity index (χ0) is 18.9. The molecule has 0 atom stereocenters. The minimum absolute atomic E-state index is 0.255. The first-order valence-corrected chi connectivity index (χ1v) is 9.13. The highest BCUT2D eigenvalue weighted by atomic mass is 16.5. The summed E-state index contributed by atoms with van der Waals surface area (Å²) in [4.78, 5) is 26.0. The summed E-state index contributed by atoms with van der Waals surface area (Å²) in [5, 5.41) is 2.74. The van der Waals surface area contributed by atoms with Crippen LogP contribution in [0.5, 0.6) is 0 Å². The Bertz CT molecular complexity index is 741. The van der Waals surface area contributed by atoms with Crippen molar-refractivity contribution >= 4 is 23.3 Å². The molecule has 1 heterocycles. The van der Waals surface area contributed by atoms with Crippen LogP contribution < -0.4 is 10.2 Å². The van der Waals surface area contributed by atoms with Crippen molar-refractivity contribution in [3.8, 4) is 0 Å². The molecule has 2 aromatic carbocycles. The second-order valence-electron chi connectivity index (χ2n) is 6.34. The van der Waals surface area contributed by atoms with Crippen molar-refractivity contribution in [1.82, 2.24) is 0 Å². The number of hydrogen-bond acceptors (Lipinski definition) is 5. The fourth-order valence-corrected chi connectivity index (χ4v) is 2.88. The molecule has 0 radical (unpaired) electrons. The number of carbonyl (C=O) groups is 2. The average molecular weight is 368 g/mol. The van der Waals surface area contributed by atoms with E-state index >= 15 is 0 Å². The van der Waals surface area contributed by atoms with Gasteiger partial charge in [-0.15, -0.1) is 0 Å². The molecule has 1 aliphatic rings. The van der Waals surface area contributed by atoms with Gasteiger partial charge >= 0.3 is 5.97 Å². The van der Waals surface area contributed by atoms with Gasteiger partial charge in [-0.25, -0.2) is 0 Å². The van der Waals surface area contributed by atoms with Crippen LogP contribution in [0.1, 0.15) is 12.0 Å². The third-order valence-electron chi connectivity index (χ3n) is 4.35. The highest BCUT2D eigenvalue weighted by molar-refractivity contribution is 5.92. The maximum absolute atomic E-state index is 12.0. The first-order valence-electron chi connectivity index (χ1n) is 9.13. The number of ether oxygens (including phenoxy) is 2. The SMILES string of the molecule is O=C(COC(=O)CCc1ccccc1)Nc1ccc(N2CCOCC2)cc1. The van der Waals surface area contributed by atoms with E-state index < -0.39 is 0 Å². The van der Waals surface area contributed by atoms with Crippen LogP contribution in [0.3, 0.4) is 0 Å². The van der Waals surface area contributed by atoms with E-state index in [1.54, 1.807) is 0 Å². The summed E-state index contributed by atoms with van der Waals surface area (Å²) in [7, 11) is 0. The Labute approximate surface area is 159 Å². The van der Waals surface area contributed by atoms with Crippen molar-refractivity contribution in [1.29, 1.82) is 0 Å². The molecule has 6 nitrogen and oxygen atoms in total. The molecule has 0 saturated carbocycles. The van der Waals surface area contributed by atoms with Gasteiger partial charge < -0.3 is 19.7 Å². The predicted octanol–water partition coefficient (Wildman–Crippen LogP) is 2.64. The van der Waals surface area contributed by atoms with E-state index in [0.29, 0.717) is 12.1 Å². The van der Waals surface area contributed by atoms with E-state index in [0.717, 1.165) is 37.6 Å². The fraction of sp³-hybridized carbons (Fsp3) is 0.333. The van der Waals surface area contributed by atoms with Crippen molar-refractivity contribution < 1.29 is 19.1 Å². The highest BCUT2D eigenvalue weighted by Gasteiger charge is 2.12. The van der Waals surface area contributed by atoms with Gasteiger partial charge in [-0.3, -0.25) is 9.59 Å². The van der Waals surface area contributed by atoms with E-state index in [4.69, 9.17) is 9.47 Å². The number of nitrogens with one attached hydrogen (secondary N) is 1. The van der Waals surface area contributed by atoms with Crippen molar-refractivity contribution in [2.24, 2.45) is 0 Å². The number of carbonyl (C=O) groups excluding carboxylic acids is 2. The minimum atomic E-state index is -0.378. The van der Waals surface area contributed by atoms with Crippen LogP contribution in [-0.2, 0) is 25.5 Å². The van der Waals surface area contributed by atoms with Crippen LogP contribution in [0.4, 0.5) is 11.4 Å². The Kier molecular flexibility index (Phi) is 6.82. The maximum Gasteiger partial charge on any atom is 0.306 e. The molecule has 1 saturated heterocycles. The molecule has 1 aliphatic heterocycles. The van der Waals surface area contributed by atoms with Gasteiger partial charge in [-0.2, -0.15) is 0 Å². The molecule has 27 heavy (non-hydrogen) atoms. The molecule has 0 bridgehead atoms. The number of nitrogens with zero attached hydrogens (tertiary/aromatic N) is 1. The lowest BCUT2D eigenvalue weighted by Gasteiger charge is -2.28. The van der Waals surface area contributed by atoms with E-state index in [9.17, 15) is 9.59 Å². The minimum Gasteiger partial charge on any atom is -0.456 e. The molecule has 1 N–H and O–H groups in total. The third kappa shape index (κ3) is 6.11. The van der Waals surface area contributed by atoms with Crippen LogP contribution in [0.25, 0.3) is 0 Å². The van der Waals surface area contributed by atoms with E-state index in [1.807, 2.05) is 54.6 Å². The van der Waals surface area contributed by atoms with Crippen molar-refractivity contribution in [2.45, 2.75) is 12.8 Å². The number of rotatable bonds is 7. The lowest BCUT2D eigenvalue weighted by Crippen LogP contribution is -2.36. The van der Waals surface area contributed by atoms with Gasteiger partial charge in [0.1, 0.15) is 0 Å². The first kappa shape index (κ1) is 18.9. The summed E-state index contributed by atoms with van der Waals surface area (Å²) < 4.78 is 10.4. The molecule has 0 aliphatic carbocycles. The van der Waals surface area contributed by atoms with Gasteiger partial charge in [0.2, 0.25) is 0 Å². The zero-order valence-corrected chi connectivity index (χ0v) is 15.2. The van der Waals surface area contributed by atoms with Gasteiger partial charge in [0.15, 0.2) is 6.61 Å². The van der Waals surface area contributed by atoms with E-state index in [-0.39, 0.29) is 24.9 Å². The molecule has 6 heteroatoms. The van der Waals surface area contributed by atoms with Gasteiger partial charge in [-0.05, 0) is 36.2 Å². The molecule has 0 spiro atoms. The number of esters is 1. The summed E-state index contributed by atoms with van der Waals surface area (Å²) in [6.45, 7) is 2.91. The second-order valence-corrected chi connectivity index (χ2v) is 6.34. The third-order valence-corrected chi connectivity index (χ3v) is 4.35. The average Bonchev–Trinajstić information content (AvgIpc) is 2.73. The number of hydrogen-bond donors (Lipinski definition) is 1. The number of aryl methyl sites for hydroxylation is 1. The largest absolute Gasteiger partial charge is 0.456 e. The molecule has 1 fully saturated rings. The topological polar surface area (TPSA) is 67.9 Å². The van der Waals surface area contributed by atoms with Gasteiger partial charge in [0, 0.05) is 30.9 Å². The molecule has 0 unspecified atom stereocenters. The summed E-state index contributed by atoms with van der Waals surface area (Å²) >= 11 is 0. The molecular weight excluding hydrogens is 344 g/mol. The van der Waals surface area contributed by atoms with Crippen LogP contribution in [0.15, 0.2) is 54.6 Å². The zero-order valence-electron chi connectivity index (χ0n) is 15.2. The first-order chi connectivity index (χ1) is 13.2. The van der Waals surface area contributed by atoms with Crippen molar-refractivity contribution in [3.05, 3.63) is 60.2 Å². The van der Waals surface area contributed by atoms with Crippen LogP contribution in [0.2, 0.25) is 0 Å². The Morgan fingerprint density at radius 2 is 1.70 bits per heavy atom. The standard InChI is InChI=1S/C21H24N2O4/c24-20(16-27-21(25)11-6-17-4-2-1-3-5-17)22-18-7-9-19(10-8-18)23-12-14-26-15-13-23/h1-5,7-10H,6,11-16H2,(H,22,24). The lowest BCUT2D eigenvalue weighted by atomic mass is 10.1. The number of morpholine rings is 1. The smallest absolute Gasteiger partial charge is 0.306 e. The molecule has 0 aromatic heterocycles. The Morgan fingerprint density at radius 3 is 2.41 bits per heavy atom. The van der Waals surface area contributed by atoms with Crippen molar-refractivity contribution in [2.75, 3.05) is 43.1 Å². The molecule has 1 amide bonds. The monoisotopic (exact) mass is 368 g/mol. The normalized spacial score (nSPS) is 13.9. The van der Waals surface area contributed by atoms with Gasteiger partial charge in [-0.1, -0.05) is 30.3 Å². The highest BCUT2D eigenvalue weighted by Crippen LogP contribution is 2.19. The number of amides is 1. The fourth-order valence-electron chi connectivity index (χ4n) is 2.88. The summed E-state index contributed by atoms with van der Waals surface area (Å²) in [5.74, 6) is -0.723. The quantitative estimate of drug-likeness (QED) is 0.761. The summed E-state index contributed by atoms with van der Waals surface area (Å²) in [5.41, 5.74) is 2.85. The molecule has 3 rings (SSSR count). The van der Waals surface area contributed by atoms with Crippen LogP contribution in [-0.4, -0.2) is 44.8 Å². The van der Waals surface area contributed by atoms with Gasteiger partial charge in [0.05, 0.1) is 13.2 Å². The van der Waals surface area contributed by atoms with Crippen LogP contribution >= 0.6 is 0 Å².